The predicted molar refractivity (Wildman–Crippen MR) is 74.5 cm³/mol. The maximum absolute atomic E-state index is 11.0. The standard InChI is InChI=1S/C14H17N5O2/c1-2-5-19-13(15-16-17-19)9-18-7-11-4-3-10(14(20)21)6-12(11)8-18/h3-4,6H,2,5,7-9H2,1H3,(H,20,21). The summed E-state index contributed by atoms with van der Waals surface area (Å²) in [7, 11) is 0. The summed E-state index contributed by atoms with van der Waals surface area (Å²) in [4.78, 5) is 13.2. The van der Waals surface area contributed by atoms with Crippen LogP contribution in [0.1, 0.15) is 40.7 Å². The number of benzene rings is 1. The summed E-state index contributed by atoms with van der Waals surface area (Å²) in [5.74, 6) is -0.0359. The monoisotopic (exact) mass is 287 g/mol. The third-order valence-electron chi connectivity index (χ3n) is 3.65. The minimum absolute atomic E-state index is 0.339. The second kappa shape index (κ2) is 5.61. The maximum Gasteiger partial charge on any atom is 0.335 e. The van der Waals surface area contributed by atoms with E-state index in [0.717, 1.165) is 37.4 Å². The van der Waals surface area contributed by atoms with Gasteiger partial charge in [-0.1, -0.05) is 13.0 Å². The first-order chi connectivity index (χ1) is 10.2. The number of aromatic nitrogens is 4. The fraction of sp³-hybridized carbons (Fsp3) is 0.429. The van der Waals surface area contributed by atoms with Crippen molar-refractivity contribution in [3.8, 4) is 0 Å². The molecular formula is C14H17N5O2. The molecule has 0 fully saturated rings. The Morgan fingerprint density at radius 3 is 2.90 bits per heavy atom. The van der Waals surface area contributed by atoms with Gasteiger partial charge in [-0.3, -0.25) is 4.90 Å². The highest BCUT2D eigenvalue weighted by Gasteiger charge is 2.22. The number of aromatic carboxylic acids is 1. The number of rotatable bonds is 5. The number of fused-ring (bicyclic) bond motifs is 1. The molecule has 0 amide bonds. The lowest BCUT2D eigenvalue weighted by atomic mass is 10.1. The van der Waals surface area contributed by atoms with Gasteiger partial charge in [0.15, 0.2) is 5.82 Å². The van der Waals surface area contributed by atoms with Gasteiger partial charge in [0.2, 0.25) is 0 Å². The molecule has 3 rings (SSSR count). The van der Waals surface area contributed by atoms with E-state index in [-0.39, 0.29) is 0 Å². The number of carbonyl (C=O) groups is 1. The summed E-state index contributed by atoms with van der Waals surface area (Å²) in [5, 5.41) is 20.8. The van der Waals surface area contributed by atoms with Gasteiger partial charge >= 0.3 is 5.97 Å². The molecule has 1 aromatic heterocycles. The molecule has 0 saturated carbocycles. The fourth-order valence-corrected chi connectivity index (χ4v) is 2.63. The third kappa shape index (κ3) is 2.78. The molecule has 7 heteroatoms. The summed E-state index contributed by atoms with van der Waals surface area (Å²) in [6, 6.07) is 5.31. The van der Waals surface area contributed by atoms with E-state index in [1.807, 2.05) is 10.7 Å². The summed E-state index contributed by atoms with van der Waals surface area (Å²) in [5.41, 5.74) is 2.59. The van der Waals surface area contributed by atoms with Crippen molar-refractivity contribution in [3.63, 3.8) is 0 Å². The molecule has 7 nitrogen and oxygen atoms in total. The summed E-state index contributed by atoms with van der Waals surface area (Å²) >= 11 is 0. The van der Waals surface area contributed by atoms with Crippen LogP contribution in [0.2, 0.25) is 0 Å². The van der Waals surface area contributed by atoms with Crippen molar-refractivity contribution in [3.05, 3.63) is 40.7 Å². The van der Waals surface area contributed by atoms with Crippen molar-refractivity contribution >= 4 is 5.97 Å². The number of aryl methyl sites for hydroxylation is 1. The van der Waals surface area contributed by atoms with E-state index in [1.54, 1.807) is 12.1 Å². The Hall–Kier alpha value is -2.28. The molecule has 0 atom stereocenters. The molecule has 0 saturated heterocycles. The highest BCUT2D eigenvalue weighted by Crippen LogP contribution is 2.25. The smallest absolute Gasteiger partial charge is 0.335 e. The van der Waals surface area contributed by atoms with Crippen LogP contribution < -0.4 is 0 Å². The molecule has 21 heavy (non-hydrogen) atoms. The summed E-state index contributed by atoms with van der Waals surface area (Å²) < 4.78 is 1.83. The normalized spacial score (nSPS) is 14.3. The molecule has 0 radical (unpaired) electrons. The Balaban J connectivity index is 1.72. The van der Waals surface area contributed by atoms with E-state index in [1.165, 1.54) is 5.56 Å². The van der Waals surface area contributed by atoms with Crippen molar-refractivity contribution in [2.24, 2.45) is 0 Å². The summed E-state index contributed by atoms with van der Waals surface area (Å²) in [6.45, 7) is 5.10. The molecular weight excluding hydrogens is 270 g/mol. The fourth-order valence-electron chi connectivity index (χ4n) is 2.63. The van der Waals surface area contributed by atoms with Gasteiger partial charge < -0.3 is 5.11 Å². The topological polar surface area (TPSA) is 84.1 Å². The second-order valence-electron chi connectivity index (χ2n) is 5.25. The number of hydrogen-bond donors (Lipinski definition) is 1. The molecule has 2 heterocycles. The first-order valence-corrected chi connectivity index (χ1v) is 7.00. The molecule has 1 aliphatic rings. The molecule has 1 aliphatic heterocycles. The van der Waals surface area contributed by atoms with Crippen molar-refractivity contribution in [1.82, 2.24) is 25.1 Å². The average molecular weight is 287 g/mol. The van der Waals surface area contributed by atoms with Gasteiger partial charge in [0.05, 0.1) is 12.1 Å². The molecule has 0 aliphatic carbocycles. The first-order valence-electron chi connectivity index (χ1n) is 7.00. The molecule has 0 unspecified atom stereocenters. The van der Waals surface area contributed by atoms with Crippen molar-refractivity contribution in [1.29, 1.82) is 0 Å². The minimum atomic E-state index is -0.886. The number of hydrogen-bond acceptors (Lipinski definition) is 5. The number of tetrazole rings is 1. The number of nitrogens with zero attached hydrogens (tertiary/aromatic N) is 5. The zero-order valence-corrected chi connectivity index (χ0v) is 11.9. The van der Waals surface area contributed by atoms with Crippen LogP contribution in [0.4, 0.5) is 0 Å². The van der Waals surface area contributed by atoms with Crippen LogP contribution in [0.15, 0.2) is 18.2 Å². The molecule has 1 aromatic carbocycles. The van der Waals surface area contributed by atoms with Crippen LogP contribution in [-0.4, -0.2) is 36.2 Å². The second-order valence-corrected chi connectivity index (χ2v) is 5.25. The van der Waals surface area contributed by atoms with Gasteiger partial charge in [0, 0.05) is 19.6 Å². The van der Waals surface area contributed by atoms with E-state index in [9.17, 15) is 4.79 Å². The zero-order valence-electron chi connectivity index (χ0n) is 11.9. The Morgan fingerprint density at radius 1 is 1.33 bits per heavy atom. The zero-order chi connectivity index (χ0) is 14.8. The largest absolute Gasteiger partial charge is 0.478 e. The lowest BCUT2D eigenvalue weighted by Gasteiger charge is -2.13. The SMILES string of the molecule is CCCn1nnnc1CN1Cc2ccc(C(=O)O)cc2C1. The third-order valence-corrected chi connectivity index (χ3v) is 3.65. The van der Waals surface area contributed by atoms with E-state index in [2.05, 4.69) is 27.3 Å². The Kier molecular flexibility index (Phi) is 3.66. The van der Waals surface area contributed by atoms with Gasteiger partial charge in [0.25, 0.3) is 0 Å². The minimum Gasteiger partial charge on any atom is -0.478 e. The Morgan fingerprint density at radius 2 is 2.14 bits per heavy atom. The molecule has 0 bridgehead atoms. The van der Waals surface area contributed by atoms with Crippen molar-refractivity contribution in [2.75, 3.05) is 0 Å². The highest BCUT2D eigenvalue weighted by atomic mass is 16.4. The first kappa shape index (κ1) is 13.7. The van der Waals surface area contributed by atoms with Gasteiger partial charge in [-0.15, -0.1) is 5.10 Å². The molecule has 1 N–H and O–H groups in total. The van der Waals surface area contributed by atoms with Crippen molar-refractivity contribution in [2.45, 2.75) is 39.5 Å². The molecule has 2 aromatic rings. The summed E-state index contributed by atoms with van der Waals surface area (Å²) in [6.07, 6.45) is 0.986. The van der Waals surface area contributed by atoms with Crippen LogP contribution in [0.5, 0.6) is 0 Å². The average Bonchev–Trinajstić information content (AvgIpc) is 3.05. The van der Waals surface area contributed by atoms with Crippen LogP contribution in [0.25, 0.3) is 0 Å². The maximum atomic E-state index is 11.0. The lowest BCUT2D eigenvalue weighted by Crippen LogP contribution is -2.19. The van der Waals surface area contributed by atoms with Crippen LogP contribution in [-0.2, 0) is 26.2 Å². The molecule has 110 valence electrons. The quantitative estimate of drug-likeness (QED) is 0.892. The number of carboxylic acid groups (broad SMARTS) is 1. The van der Waals surface area contributed by atoms with Gasteiger partial charge in [-0.25, -0.2) is 9.48 Å². The Labute approximate surface area is 122 Å². The van der Waals surface area contributed by atoms with Gasteiger partial charge in [-0.05, 0) is 40.1 Å². The van der Waals surface area contributed by atoms with Gasteiger partial charge in [-0.2, -0.15) is 0 Å². The Bertz CT molecular complexity index is 667. The van der Waals surface area contributed by atoms with Crippen LogP contribution >= 0.6 is 0 Å². The predicted octanol–water partition coefficient (Wildman–Crippen LogP) is 1.30. The van der Waals surface area contributed by atoms with E-state index in [0.29, 0.717) is 12.1 Å². The van der Waals surface area contributed by atoms with Crippen LogP contribution in [0.3, 0.4) is 0 Å². The van der Waals surface area contributed by atoms with E-state index < -0.39 is 5.97 Å². The number of carboxylic acids is 1. The lowest BCUT2D eigenvalue weighted by molar-refractivity contribution is 0.0696. The van der Waals surface area contributed by atoms with E-state index in [4.69, 9.17) is 5.11 Å². The molecule has 0 spiro atoms. The van der Waals surface area contributed by atoms with Crippen molar-refractivity contribution < 1.29 is 9.90 Å². The highest BCUT2D eigenvalue weighted by molar-refractivity contribution is 5.87. The van der Waals surface area contributed by atoms with E-state index >= 15 is 0 Å². The van der Waals surface area contributed by atoms with Crippen LogP contribution in [0, 0.1) is 0 Å². The van der Waals surface area contributed by atoms with Gasteiger partial charge in [0.1, 0.15) is 0 Å².